The molecule has 1 heterocycles. The summed E-state index contributed by atoms with van der Waals surface area (Å²) in [6.07, 6.45) is 11.7. The van der Waals surface area contributed by atoms with Crippen molar-refractivity contribution in [2.75, 3.05) is 0 Å². The van der Waals surface area contributed by atoms with Crippen LogP contribution in [0.15, 0.2) is 0 Å². The van der Waals surface area contributed by atoms with Crippen molar-refractivity contribution < 1.29 is 9.90 Å². The fraction of sp³-hybridized carbons (Fsp3) is 0.955. The second kappa shape index (κ2) is 11.2. The summed E-state index contributed by atoms with van der Waals surface area (Å²) in [4.78, 5) is 12.6. The molecule has 3 nitrogen and oxygen atoms in total. The summed E-state index contributed by atoms with van der Waals surface area (Å²) < 4.78 is 0. The molecule has 4 atom stereocenters. The Hall–Kier alpha value is -0.570. The number of hydrogen-bond acceptors (Lipinski definition) is 2. The lowest BCUT2D eigenvalue weighted by molar-refractivity contribution is -0.125. The molecule has 0 radical (unpaired) electrons. The molecule has 0 aromatic heterocycles. The molecule has 25 heavy (non-hydrogen) atoms. The van der Waals surface area contributed by atoms with Crippen LogP contribution in [0.3, 0.4) is 0 Å². The van der Waals surface area contributed by atoms with Gasteiger partial charge in [-0.25, -0.2) is 0 Å². The fourth-order valence-corrected chi connectivity index (χ4v) is 4.06. The van der Waals surface area contributed by atoms with Crippen molar-refractivity contribution in [2.45, 2.75) is 117 Å². The lowest BCUT2D eigenvalue weighted by Gasteiger charge is -2.26. The zero-order chi connectivity index (χ0) is 18.9. The number of hydrogen-bond donors (Lipinski definition) is 2. The van der Waals surface area contributed by atoms with E-state index in [9.17, 15) is 9.90 Å². The molecule has 0 saturated carbocycles. The summed E-state index contributed by atoms with van der Waals surface area (Å²) in [7, 11) is 0. The molecule has 0 aromatic rings. The summed E-state index contributed by atoms with van der Waals surface area (Å²) in [5, 5.41) is 13.9. The SMILES string of the molecule is CC(C)CC1CCCC(C)CCCCC(C)(O)CCC[C@@H](C)C(=O)N1. The zero-order valence-corrected chi connectivity index (χ0v) is 17.4. The molecule has 1 amide bonds. The smallest absolute Gasteiger partial charge is 0.223 e. The lowest BCUT2D eigenvalue weighted by atomic mass is 9.88. The molecule has 0 aromatic carbocycles. The first-order valence-electron chi connectivity index (χ1n) is 10.7. The van der Waals surface area contributed by atoms with Gasteiger partial charge in [0.1, 0.15) is 0 Å². The van der Waals surface area contributed by atoms with E-state index in [1.165, 1.54) is 25.7 Å². The van der Waals surface area contributed by atoms with Crippen molar-refractivity contribution >= 4 is 5.91 Å². The first-order chi connectivity index (χ1) is 11.7. The summed E-state index contributed by atoms with van der Waals surface area (Å²) in [6, 6.07) is 0.318. The number of rotatable bonds is 2. The first-order valence-corrected chi connectivity index (χ1v) is 10.7. The van der Waals surface area contributed by atoms with E-state index >= 15 is 0 Å². The van der Waals surface area contributed by atoms with Gasteiger partial charge in [0, 0.05) is 12.0 Å². The molecule has 3 unspecified atom stereocenters. The highest BCUT2D eigenvalue weighted by Gasteiger charge is 2.23. The molecule has 0 spiro atoms. The van der Waals surface area contributed by atoms with Gasteiger partial charge in [0.2, 0.25) is 5.91 Å². The highest BCUT2D eigenvalue weighted by molar-refractivity contribution is 5.78. The van der Waals surface area contributed by atoms with Crippen LogP contribution in [0.2, 0.25) is 0 Å². The summed E-state index contributed by atoms with van der Waals surface area (Å²) in [5.41, 5.74) is -0.573. The van der Waals surface area contributed by atoms with Crippen LogP contribution >= 0.6 is 0 Å². The number of aliphatic hydroxyl groups is 1. The average molecular weight is 354 g/mol. The third kappa shape index (κ3) is 10.2. The van der Waals surface area contributed by atoms with Crippen molar-refractivity contribution in [3.05, 3.63) is 0 Å². The van der Waals surface area contributed by atoms with E-state index < -0.39 is 5.60 Å². The summed E-state index contributed by atoms with van der Waals surface area (Å²) in [5.74, 6) is 1.59. The fourth-order valence-electron chi connectivity index (χ4n) is 4.06. The normalized spacial score (nSPS) is 34.7. The van der Waals surface area contributed by atoms with Gasteiger partial charge in [-0.3, -0.25) is 4.79 Å². The van der Waals surface area contributed by atoms with Crippen molar-refractivity contribution in [2.24, 2.45) is 17.8 Å². The van der Waals surface area contributed by atoms with E-state index in [4.69, 9.17) is 0 Å². The summed E-state index contributed by atoms with van der Waals surface area (Å²) in [6.45, 7) is 10.8. The van der Waals surface area contributed by atoms with Gasteiger partial charge in [0.15, 0.2) is 0 Å². The maximum absolute atomic E-state index is 12.6. The summed E-state index contributed by atoms with van der Waals surface area (Å²) >= 11 is 0. The van der Waals surface area contributed by atoms with Gasteiger partial charge < -0.3 is 10.4 Å². The number of amides is 1. The minimum absolute atomic E-state index is 0.0392. The monoisotopic (exact) mass is 353 g/mol. The number of nitrogens with one attached hydrogen (secondary N) is 1. The highest BCUT2D eigenvalue weighted by Crippen LogP contribution is 2.25. The second-order valence-corrected chi connectivity index (χ2v) is 9.41. The molecular formula is C22H43NO2. The van der Waals surface area contributed by atoms with Crippen LogP contribution in [0, 0.1) is 17.8 Å². The van der Waals surface area contributed by atoms with Gasteiger partial charge in [0.05, 0.1) is 5.60 Å². The Morgan fingerprint density at radius 3 is 2.36 bits per heavy atom. The Labute approximate surface area is 156 Å². The van der Waals surface area contributed by atoms with Gasteiger partial charge in [-0.05, 0) is 57.3 Å². The maximum Gasteiger partial charge on any atom is 0.223 e. The largest absolute Gasteiger partial charge is 0.390 e. The first kappa shape index (κ1) is 22.5. The molecule has 1 aliphatic heterocycles. The van der Waals surface area contributed by atoms with E-state index in [0.29, 0.717) is 12.0 Å². The van der Waals surface area contributed by atoms with Gasteiger partial charge >= 0.3 is 0 Å². The molecule has 148 valence electrons. The van der Waals surface area contributed by atoms with Crippen LogP contribution in [-0.4, -0.2) is 22.7 Å². The van der Waals surface area contributed by atoms with E-state index in [-0.39, 0.29) is 11.8 Å². The van der Waals surface area contributed by atoms with E-state index in [2.05, 4.69) is 26.1 Å². The van der Waals surface area contributed by atoms with Crippen LogP contribution in [0.5, 0.6) is 0 Å². The van der Waals surface area contributed by atoms with Crippen LogP contribution in [0.4, 0.5) is 0 Å². The molecule has 1 saturated heterocycles. The predicted molar refractivity (Wildman–Crippen MR) is 107 cm³/mol. The molecule has 1 fully saturated rings. The van der Waals surface area contributed by atoms with Gasteiger partial charge in [-0.1, -0.05) is 59.8 Å². The van der Waals surface area contributed by atoms with Crippen molar-refractivity contribution in [3.63, 3.8) is 0 Å². The van der Waals surface area contributed by atoms with Crippen LogP contribution < -0.4 is 5.32 Å². The Balaban J connectivity index is 2.67. The number of carbonyl (C=O) groups is 1. The molecular weight excluding hydrogens is 310 g/mol. The maximum atomic E-state index is 12.6. The Bertz CT molecular complexity index is 378. The van der Waals surface area contributed by atoms with Crippen molar-refractivity contribution in [1.29, 1.82) is 0 Å². The Kier molecular flexibility index (Phi) is 10.1. The quantitative estimate of drug-likeness (QED) is 0.693. The second-order valence-electron chi connectivity index (χ2n) is 9.41. The highest BCUT2D eigenvalue weighted by atomic mass is 16.3. The van der Waals surface area contributed by atoms with Crippen LogP contribution in [0.25, 0.3) is 0 Å². The van der Waals surface area contributed by atoms with E-state index in [1.807, 2.05) is 13.8 Å². The average Bonchev–Trinajstić information content (AvgIpc) is 2.49. The lowest BCUT2D eigenvalue weighted by Crippen LogP contribution is -2.39. The van der Waals surface area contributed by atoms with Crippen LogP contribution in [0.1, 0.15) is 105 Å². The zero-order valence-electron chi connectivity index (χ0n) is 17.4. The molecule has 0 aliphatic carbocycles. The minimum atomic E-state index is -0.573. The van der Waals surface area contributed by atoms with Crippen molar-refractivity contribution in [1.82, 2.24) is 5.32 Å². The molecule has 0 bridgehead atoms. The predicted octanol–water partition coefficient (Wildman–Crippen LogP) is 5.46. The topological polar surface area (TPSA) is 49.3 Å². The molecule has 2 N–H and O–H groups in total. The molecule has 1 aliphatic rings. The van der Waals surface area contributed by atoms with Gasteiger partial charge in [-0.15, -0.1) is 0 Å². The third-order valence-electron chi connectivity index (χ3n) is 5.81. The van der Waals surface area contributed by atoms with E-state index in [1.54, 1.807) is 0 Å². The minimum Gasteiger partial charge on any atom is -0.390 e. The number of carbonyl (C=O) groups excluding carboxylic acids is 1. The van der Waals surface area contributed by atoms with Gasteiger partial charge in [-0.2, -0.15) is 0 Å². The van der Waals surface area contributed by atoms with Crippen molar-refractivity contribution in [3.8, 4) is 0 Å². The third-order valence-corrected chi connectivity index (χ3v) is 5.81. The van der Waals surface area contributed by atoms with Crippen LogP contribution in [-0.2, 0) is 4.79 Å². The molecule has 3 heteroatoms. The molecule has 1 rings (SSSR count). The van der Waals surface area contributed by atoms with Gasteiger partial charge in [0.25, 0.3) is 0 Å². The Morgan fingerprint density at radius 2 is 1.68 bits per heavy atom. The standard InChI is InChI=1S/C22H43NO2/c1-17(2)16-20-13-8-11-18(3)10-6-7-14-22(5,25)15-9-12-19(4)21(24)23-20/h17-20,25H,6-16H2,1-5H3,(H,23,24)/t18?,19-,20?,22?/m1/s1. The Morgan fingerprint density at radius 1 is 1.04 bits per heavy atom. The van der Waals surface area contributed by atoms with E-state index in [0.717, 1.165) is 50.9 Å².